The fourth-order valence-electron chi connectivity index (χ4n) is 4.06. The topological polar surface area (TPSA) is 52.6 Å². The number of carbonyl (C=O) groups is 2. The maximum atomic E-state index is 11.9. The lowest BCUT2D eigenvalue weighted by Gasteiger charge is -2.51. The molecule has 20 heavy (non-hydrogen) atoms. The molecule has 4 heteroatoms. The zero-order chi connectivity index (χ0) is 14.3. The van der Waals surface area contributed by atoms with Crippen molar-refractivity contribution in [3.8, 4) is 0 Å². The highest BCUT2D eigenvalue weighted by Crippen LogP contribution is 2.54. The van der Waals surface area contributed by atoms with Crippen molar-refractivity contribution in [2.24, 2.45) is 11.8 Å². The highest BCUT2D eigenvalue weighted by molar-refractivity contribution is 5.88. The van der Waals surface area contributed by atoms with Crippen molar-refractivity contribution in [2.75, 3.05) is 6.61 Å². The van der Waals surface area contributed by atoms with E-state index in [1.54, 1.807) is 6.92 Å². The normalized spacial score (nSPS) is 33.5. The molecular weight excluding hydrogens is 256 g/mol. The Morgan fingerprint density at radius 3 is 2.90 bits per heavy atom. The van der Waals surface area contributed by atoms with Gasteiger partial charge in [0.15, 0.2) is 6.61 Å². The number of rotatable bonds is 4. The van der Waals surface area contributed by atoms with Crippen LogP contribution in [0, 0.1) is 11.8 Å². The van der Waals surface area contributed by atoms with Crippen molar-refractivity contribution in [3.63, 3.8) is 0 Å². The third-order valence-electron chi connectivity index (χ3n) is 4.50. The van der Waals surface area contributed by atoms with Gasteiger partial charge < -0.3 is 9.47 Å². The van der Waals surface area contributed by atoms with Crippen molar-refractivity contribution >= 4 is 11.9 Å². The van der Waals surface area contributed by atoms with E-state index in [9.17, 15) is 9.59 Å². The molecule has 0 amide bonds. The molecule has 4 bridgehead atoms. The van der Waals surface area contributed by atoms with Crippen LogP contribution in [0.4, 0.5) is 0 Å². The number of carbonyl (C=O) groups excluding carboxylic acids is 2. The minimum Gasteiger partial charge on any atom is -0.456 e. The maximum absolute atomic E-state index is 11.9. The van der Waals surface area contributed by atoms with Gasteiger partial charge in [-0.2, -0.15) is 0 Å². The van der Waals surface area contributed by atoms with E-state index < -0.39 is 11.9 Å². The SMILES string of the molecule is C=C(C)C(=O)OCC(=O)OC12CC3=CC(CC(C3)C1)C2. The van der Waals surface area contributed by atoms with Crippen LogP contribution in [0.5, 0.6) is 0 Å². The third-order valence-corrected chi connectivity index (χ3v) is 4.50. The van der Waals surface area contributed by atoms with E-state index in [1.807, 2.05) is 0 Å². The largest absolute Gasteiger partial charge is 0.456 e. The summed E-state index contributed by atoms with van der Waals surface area (Å²) in [5.41, 5.74) is 1.40. The Kier molecular flexibility index (Phi) is 3.19. The van der Waals surface area contributed by atoms with Gasteiger partial charge in [-0.25, -0.2) is 9.59 Å². The molecule has 108 valence electrons. The molecule has 3 atom stereocenters. The van der Waals surface area contributed by atoms with E-state index in [0.717, 1.165) is 19.3 Å². The summed E-state index contributed by atoms with van der Waals surface area (Å²) in [6.07, 6.45) is 7.51. The molecule has 2 saturated carbocycles. The zero-order valence-electron chi connectivity index (χ0n) is 11.8. The van der Waals surface area contributed by atoms with Gasteiger partial charge in [0.05, 0.1) is 0 Å². The number of esters is 2. The van der Waals surface area contributed by atoms with Crippen molar-refractivity contribution in [2.45, 2.75) is 44.6 Å². The van der Waals surface area contributed by atoms with Crippen LogP contribution in [0.15, 0.2) is 23.8 Å². The van der Waals surface area contributed by atoms with E-state index in [-0.39, 0.29) is 17.8 Å². The summed E-state index contributed by atoms with van der Waals surface area (Å²) >= 11 is 0. The molecule has 3 unspecified atom stereocenters. The van der Waals surface area contributed by atoms with Crippen LogP contribution < -0.4 is 0 Å². The van der Waals surface area contributed by atoms with Crippen LogP contribution in [0.3, 0.4) is 0 Å². The molecule has 4 aliphatic rings. The molecular formula is C16H20O4. The van der Waals surface area contributed by atoms with Crippen molar-refractivity contribution in [1.29, 1.82) is 0 Å². The Labute approximate surface area is 118 Å². The van der Waals surface area contributed by atoms with Crippen LogP contribution >= 0.6 is 0 Å². The summed E-state index contributed by atoms with van der Waals surface area (Å²) in [5.74, 6) is 0.239. The van der Waals surface area contributed by atoms with Crippen LogP contribution in [0.2, 0.25) is 0 Å². The molecule has 0 spiro atoms. The summed E-state index contributed by atoms with van der Waals surface area (Å²) in [4.78, 5) is 23.2. The highest BCUT2D eigenvalue weighted by Gasteiger charge is 2.49. The Balaban J connectivity index is 1.58. The van der Waals surface area contributed by atoms with Crippen LogP contribution in [-0.4, -0.2) is 24.1 Å². The molecule has 0 radical (unpaired) electrons. The number of hydrogen-bond acceptors (Lipinski definition) is 4. The number of ether oxygens (including phenoxy) is 2. The second-order valence-electron chi connectivity index (χ2n) is 6.49. The average Bonchev–Trinajstić information content (AvgIpc) is 2.33. The molecule has 0 aromatic rings. The summed E-state index contributed by atoms with van der Waals surface area (Å²) in [6.45, 7) is 4.72. The quantitative estimate of drug-likeness (QED) is 0.450. The van der Waals surface area contributed by atoms with Crippen molar-refractivity contribution in [3.05, 3.63) is 23.8 Å². The van der Waals surface area contributed by atoms with Gasteiger partial charge in [0.25, 0.3) is 0 Å². The zero-order valence-corrected chi connectivity index (χ0v) is 11.8. The first-order chi connectivity index (χ1) is 9.46. The summed E-state index contributed by atoms with van der Waals surface area (Å²) < 4.78 is 10.5. The van der Waals surface area contributed by atoms with Gasteiger partial charge in [-0.05, 0) is 44.4 Å². The molecule has 2 fully saturated rings. The Hall–Kier alpha value is -1.58. The molecule has 0 saturated heterocycles. The number of hydrogen-bond donors (Lipinski definition) is 0. The minimum absolute atomic E-state index is 0.290. The van der Waals surface area contributed by atoms with Crippen molar-refractivity contribution in [1.82, 2.24) is 0 Å². The standard InChI is InChI=1S/C16H20O4/c1-10(2)15(18)19-9-14(17)20-16-6-11-3-12(7-16)5-13(4-11)8-16/h3,11,13H,1,4-9H2,2H3. The molecule has 0 aromatic carbocycles. The van der Waals surface area contributed by atoms with Gasteiger partial charge >= 0.3 is 11.9 Å². The fraction of sp³-hybridized carbons (Fsp3) is 0.625. The summed E-state index contributed by atoms with van der Waals surface area (Å²) in [6, 6.07) is 0. The van der Waals surface area contributed by atoms with E-state index >= 15 is 0 Å². The lowest BCUT2D eigenvalue weighted by molar-refractivity contribution is -0.177. The molecule has 4 rings (SSSR count). The monoisotopic (exact) mass is 276 g/mol. The van der Waals surface area contributed by atoms with Gasteiger partial charge in [0.2, 0.25) is 0 Å². The van der Waals surface area contributed by atoms with Gasteiger partial charge in [-0.15, -0.1) is 0 Å². The average molecular weight is 276 g/mol. The summed E-state index contributed by atoms with van der Waals surface area (Å²) in [7, 11) is 0. The van der Waals surface area contributed by atoms with E-state index in [0.29, 0.717) is 11.8 Å². The fourth-order valence-corrected chi connectivity index (χ4v) is 4.06. The van der Waals surface area contributed by atoms with E-state index in [2.05, 4.69) is 12.7 Å². The van der Waals surface area contributed by atoms with Crippen LogP contribution in [0.1, 0.15) is 39.0 Å². The van der Waals surface area contributed by atoms with Crippen molar-refractivity contribution < 1.29 is 19.1 Å². The van der Waals surface area contributed by atoms with Gasteiger partial charge in [0, 0.05) is 12.0 Å². The maximum Gasteiger partial charge on any atom is 0.344 e. The second-order valence-corrected chi connectivity index (χ2v) is 6.49. The molecule has 4 nitrogen and oxygen atoms in total. The molecule has 0 aromatic heterocycles. The second kappa shape index (κ2) is 4.76. The lowest BCUT2D eigenvalue weighted by Crippen LogP contribution is -2.49. The molecule has 0 heterocycles. The van der Waals surface area contributed by atoms with Crippen LogP contribution in [0.25, 0.3) is 0 Å². The van der Waals surface area contributed by atoms with Gasteiger partial charge in [0.1, 0.15) is 5.60 Å². The smallest absolute Gasteiger partial charge is 0.344 e. The molecule has 4 aliphatic carbocycles. The lowest BCUT2D eigenvalue weighted by atomic mass is 9.59. The van der Waals surface area contributed by atoms with E-state index in [4.69, 9.17) is 9.47 Å². The molecule has 0 N–H and O–H groups in total. The number of allylic oxidation sites excluding steroid dienone is 1. The van der Waals surface area contributed by atoms with E-state index in [1.165, 1.54) is 18.4 Å². The van der Waals surface area contributed by atoms with Crippen LogP contribution in [-0.2, 0) is 19.1 Å². The van der Waals surface area contributed by atoms with Gasteiger partial charge in [-0.1, -0.05) is 18.2 Å². The predicted molar refractivity (Wildman–Crippen MR) is 72.7 cm³/mol. The minimum atomic E-state index is -0.546. The Morgan fingerprint density at radius 1 is 1.45 bits per heavy atom. The first-order valence-electron chi connectivity index (χ1n) is 7.20. The Morgan fingerprint density at radius 2 is 2.25 bits per heavy atom. The van der Waals surface area contributed by atoms with Gasteiger partial charge in [-0.3, -0.25) is 0 Å². The third kappa shape index (κ3) is 2.51. The predicted octanol–water partition coefficient (Wildman–Crippen LogP) is 2.54. The first-order valence-corrected chi connectivity index (χ1v) is 7.20. The molecule has 0 aliphatic heterocycles. The Bertz CT molecular complexity index is 505. The highest BCUT2D eigenvalue weighted by atomic mass is 16.6. The summed E-state index contributed by atoms with van der Waals surface area (Å²) in [5, 5.41) is 0. The first kappa shape index (κ1) is 13.4.